The predicted octanol–water partition coefficient (Wildman–Crippen LogP) is 3.68. The largest absolute Gasteiger partial charge is 0.458 e. The van der Waals surface area contributed by atoms with E-state index in [1.807, 2.05) is 32.9 Å². The quantitative estimate of drug-likeness (QED) is 0.438. The normalized spacial score (nSPS) is 11.3. The average molecular weight is 456 g/mol. The molecule has 2 aromatic rings. The Bertz CT molecular complexity index is 1070. The molecule has 0 aromatic heterocycles. The molecular weight excluding hydrogens is 428 g/mol. The molecule has 0 bridgehead atoms. The Kier molecular flexibility index (Phi) is 8.73. The van der Waals surface area contributed by atoms with E-state index in [4.69, 9.17) is 18.9 Å². The van der Waals surface area contributed by atoms with E-state index in [-0.39, 0.29) is 24.5 Å². The molecule has 0 unspecified atom stereocenters. The molecule has 0 fully saturated rings. The van der Waals surface area contributed by atoms with Gasteiger partial charge in [0.2, 0.25) is 6.10 Å². The Morgan fingerprint density at radius 3 is 1.97 bits per heavy atom. The maximum atomic E-state index is 12.7. The third kappa shape index (κ3) is 7.75. The molecule has 2 rings (SSSR count). The Hall–Kier alpha value is -3.68. The van der Waals surface area contributed by atoms with E-state index < -0.39 is 30.0 Å². The molecular formula is C25H28O8. The molecule has 0 radical (unpaired) electrons. The zero-order valence-corrected chi connectivity index (χ0v) is 19.6. The first-order chi connectivity index (χ1) is 15.5. The van der Waals surface area contributed by atoms with Crippen LogP contribution >= 0.6 is 0 Å². The molecule has 0 spiro atoms. The van der Waals surface area contributed by atoms with Crippen molar-refractivity contribution in [2.45, 2.75) is 60.7 Å². The monoisotopic (exact) mass is 456 g/mol. The first kappa shape index (κ1) is 25.6. The molecule has 0 N–H and O–H groups in total. The van der Waals surface area contributed by atoms with E-state index in [2.05, 4.69) is 0 Å². The van der Waals surface area contributed by atoms with Gasteiger partial charge in [-0.2, -0.15) is 0 Å². The van der Waals surface area contributed by atoms with Gasteiger partial charge in [0.25, 0.3) is 0 Å². The number of hydrogen-bond donors (Lipinski definition) is 0. The first-order valence-electron chi connectivity index (χ1n) is 10.4. The highest BCUT2D eigenvalue weighted by molar-refractivity contribution is 5.79. The first-order valence-corrected chi connectivity index (χ1v) is 10.4. The van der Waals surface area contributed by atoms with Crippen LogP contribution in [-0.4, -0.2) is 30.0 Å². The second-order valence-corrected chi connectivity index (χ2v) is 7.74. The van der Waals surface area contributed by atoms with Gasteiger partial charge in [0.15, 0.2) is 11.5 Å². The van der Waals surface area contributed by atoms with Crippen molar-refractivity contribution < 1.29 is 38.1 Å². The summed E-state index contributed by atoms with van der Waals surface area (Å²) in [6.45, 7) is 9.57. The highest BCUT2D eigenvalue weighted by Crippen LogP contribution is 2.30. The van der Waals surface area contributed by atoms with E-state index in [0.29, 0.717) is 5.56 Å². The molecule has 0 aliphatic carbocycles. The zero-order valence-electron chi connectivity index (χ0n) is 19.6. The van der Waals surface area contributed by atoms with Crippen LogP contribution in [0.25, 0.3) is 0 Å². The van der Waals surface area contributed by atoms with Crippen LogP contribution in [0.2, 0.25) is 0 Å². The molecule has 0 saturated heterocycles. The van der Waals surface area contributed by atoms with Crippen molar-refractivity contribution in [3.05, 3.63) is 58.1 Å². The third-order valence-electron chi connectivity index (χ3n) is 4.83. The van der Waals surface area contributed by atoms with Crippen molar-refractivity contribution in [3.63, 3.8) is 0 Å². The number of esters is 4. The summed E-state index contributed by atoms with van der Waals surface area (Å²) in [5.74, 6) is -2.48. The molecule has 0 aliphatic rings. The number of ether oxygens (including phenoxy) is 4. The van der Waals surface area contributed by atoms with Gasteiger partial charge < -0.3 is 18.9 Å². The molecule has 0 saturated carbocycles. The van der Waals surface area contributed by atoms with Crippen LogP contribution < -0.4 is 9.47 Å². The van der Waals surface area contributed by atoms with Gasteiger partial charge in [-0.1, -0.05) is 18.2 Å². The molecule has 33 heavy (non-hydrogen) atoms. The van der Waals surface area contributed by atoms with Crippen LogP contribution in [0.4, 0.5) is 0 Å². The summed E-state index contributed by atoms with van der Waals surface area (Å²) >= 11 is 0. The highest BCUT2D eigenvalue weighted by Gasteiger charge is 2.25. The van der Waals surface area contributed by atoms with Crippen molar-refractivity contribution in [3.8, 4) is 11.5 Å². The van der Waals surface area contributed by atoms with Gasteiger partial charge in [0.05, 0.1) is 0 Å². The van der Waals surface area contributed by atoms with E-state index in [1.54, 1.807) is 6.07 Å². The Labute approximate surface area is 192 Å². The molecule has 0 amide bonds. The molecule has 2 aromatic carbocycles. The van der Waals surface area contributed by atoms with Gasteiger partial charge in [-0.25, -0.2) is 4.79 Å². The summed E-state index contributed by atoms with van der Waals surface area (Å²) in [5, 5.41) is 0. The second kappa shape index (κ2) is 11.3. The number of carbonyl (C=O) groups excluding carboxylic acids is 4. The van der Waals surface area contributed by atoms with Crippen molar-refractivity contribution in [2.75, 3.05) is 0 Å². The Morgan fingerprint density at radius 2 is 1.36 bits per heavy atom. The molecule has 176 valence electrons. The van der Waals surface area contributed by atoms with E-state index >= 15 is 0 Å². The van der Waals surface area contributed by atoms with Crippen LogP contribution in [0, 0.1) is 20.8 Å². The van der Waals surface area contributed by atoms with Gasteiger partial charge in [0.1, 0.15) is 6.61 Å². The van der Waals surface area contributed by atoms with Crippen LogP contribution in [-0.2, 0) is 41.7 Å². The van der Waals surface area contributed by atoms with Crippen molar-refractivity contribution in [1.82, 2.24) is 0 Å². The number of carbonyl (C=O) groups is 4. The van der Waals surface area contributed by atoms with Gasteiger partial charge in [-0.3, -0.25) is 14.4 Å². The van der Waals surface area contributed by atoms with Crippen molar-refractivity contribution >= 4 is 23.9 Å². The maximum Gasteiger partial charge on any atom is 0.348 e. The van der Waals surface area contributed by atoms with Crippen LogP contribution in [0.3, 0.4) is 0 Å². The van der Waals surface area contributed by atoms with Crippen LogP contribution in [0.15, 0.2) is 30.3 Å². The summed E-state index contributed by atoms with van der Waals surface area (Å²) in [5.41, 5.74) is 4.57. The summed E-state index contributed by atoms with van der Waals surface area (Å²) in [6, 6.07) is 8.42. The van der Waals surface area contributed by atoms with Gasteiger partial charge in [-0.15, -0.1) is 0 Å². The molecule has 0 aliphatic heterocycles. The van der Waals surface area contributed by atoms with Crippen molar-refractivity contribution in [1.29, 1.82) is 0 Å². The Balaban J connectivity index is 2.21. The van der Waals surface area contributed by atoms with Gasteiger partial charge in [0, 0.05) is 27.2 Å². The smallest absolute Gasteiger partial charge is 0.348 e. The minimum absolute atomic E-state index is 0.0101. The highest BCUT2D eigenvalue weighted by atomic mass is 16.6. The summed E-state index contributed by atoms with van der Waals surface area (Å²) in [7, 11) is 0. The maximum absolute atomic E-state index is 12.7. The fraction of sp³-hybridized carbons (Fsp3) is 0.360. The lowest BCUT2D eigenvalue weighted by Gasteiger charge is -2.18. The average Bonchev–Trinajstić information content (AvgIpc) is 2.69. The lowest BCUT2D eigenvalue weighted by Crippen LogP contribution is -2.30. The molecule has 8 nitrogen and oxygen atoms in total. The van der Waals surface area contributed by atoms with Crippen molar-refractivity contribution in [2.24, 2.45) is 0 Å². The predicted molar refractivity (Wildman–Crippen MR) is 119 cm³/mol. The molecule has 8 heteroatoms. The molecule has 1 atom stereocenters. The topological polar surface area (TPSA) is 105 Å². The summed E-state index contributed by atoms with van der Waals surface area (Å²) in [6.07, 6.45) is -1.24. The van der Waals surface area contributed by atoms with E-state index in [0.717, 1.165) is 22.3 Å². The summed E-state index contributed by atoms with van der Waals surface area (Å²) < 4.78 is 20.8. The lowest BCUT2D eigenvalue weighted by atomic mass is 10.0. The lowest BCUT2D eigenvalue weighted by molar-refractivity contribution is -0.167. The summed E-state index contributed by atoms with van der Waals surface area (Å²) in [4.78, 5) is 47.1. The van der Waals surface area contributed by atoms with Crippen LogP contribution in [0.5, 0.6) is 11.5 Å². The van der Waals surface area contributed by atoms with E-state index in [1.165, 1.54) is 32.9 Å². The fourth-order valence-electron chi connectivity index (χ4n) is 3.16. The minimum atomic E-state index is -1.21. The fourth-order valence-corrected chi connectivity index (χ4v) is 3.16. The third-order valence-corrected chi connectivity index (χ3v) is 4.83. The zero-order chi connectivity index (χ0) is 24.7. The number of rotatable bonds is 8. The van der Waals surface area contributed by atoms with Crippen LogP contribution in [0.1, 0.15) is 48.6 Å². The van der Waals surface area contributed by atoms with Gasteiger partial charge in [-0.05, 0) is 60.7 Å². The number of hydrogen-bond acceptors (Lipinski definition) is 8. The second-order valence-electron chi connectivity index (χ2n) is 7.74. The molecule has 0 heterocycles. The number of aryl methyl sites for hydroxylation is 3. The minimum Gasteiger partial charge on any atom is -0.458 e. The number of benzene rings is 2. The SMILES string of the molecule is CC(=O)Oc1ccc(C[C@@H](OC(C)=O)C(=O)OCc2cc(C)c(C)cc2C)cc1OC(C)=O. The Morgan fingerprint density at radius 1 is 0.758 bits per heavy atom. The van der Waals surface area contributed by atoms with E-state index in [9.17, 15) is 19.2 Å². The van der Waals surface area contributed by atoms with Gasteiger partial charge >= 0.3 is 23.9 Å². The standard InChI is InChI=1S/C25H28O8/c1-14-9-16(3)21(10-15(14)2)13-30-25(29)24(33-19(6)28)12-20-7-8-22(31-17(4)26)23(11-20)32-18(5)27/h7-11,24H,12-13H2,1-6H3/t24-/m1/s1.